The van der Waals surface area contributed by atoms with Crippen LogP contribution in [0.1, 0.15) is 46.0 Å². The summed E-state index contributed by atoms with van der Waals surface area (Å²) in [4.78, 5) is 42.9. The summed E-state index contributed by atoms with van der Waals surface area (Å²) in [5.74, 6) is -1.27. The van der Waals surface area contributed by atoms with Gasteiger partial charge in [0.2, 0.25) is 5.78 Å². The molecule has 1 aromatic heterocycles. The lowest BCUT2D eigenvalue weighted by Crippen LogP contribution is -2.50. The van der Waals surface area contributed by atoms with Gasteiger partial charge in [0.1, 0.15) is 5.82 Å². The topological polar surface area (TPSA) is 112 Å². The van der Waals surface area contributed by atoms with Gasteiger partial charge in [-0.3, -0.25) is 9.59 Å². The number of esters is 1. The summed E-state index contributed by atoms with van der Waals surface area (Å²) in [6.45, 7) is 1.94. The van der Waals surface area contributed by atoms with E-state index in [1.807, 2.05) is 25.1 Å². The zero-order valence-electron chi connectivity index (χ0n) is 16.8. The van der Waals surface area contributed by atoms with Crippen LogP contribution in [0, 0.1) is 0 Å². The van der Waals surface area contributed by atoms with E-state index in [9.17, 15) is 14.4 Å². The Balaban J connectivity index is 1.59. The van der Waals surface area contributed by atoms with Crippen molar-refractivity contribution < 1.29 is 23.9 Å². The van der Waals surface area contributed by atoms with Crippen molar-refractivity contribution in [3.63, 3.8) is 0 Å². The lowest BCUT2D eigenvalue weighted by Gasteiger charge is -2.22. The molecule has 0 bridgehead atoms. The van der Waals surface area contributed by atoms with Crippen LogP contribution in [0.4, 0.5) is 5.82 Å². The van der Waals surface area contributed by atoms with Crippen LogP contribution in [0.25, 0.3) is 0 Å². The van der Waals surface area contributed by atoms with Crippen molar-refractivity contribution in [2.45, 2.75) is 37.4 Å². The molecule has 0 radical (unpaired) electrons. The lowest BCUT2D eigenvalue weighted by molar-refractivity contribution is -0.145. The van der Waals surface area contributed by atoms with Crippen LogP contribution in [-0.4, -0.2) is 40.8 Å². The van der Waals surface area contributed by atoms with E-state index in [1.165, 1.54) is 13.2 Å². The molecule has 2 N–H and O–H groups in total. The molecular weight excluding hydrogens is 384 g/mol. The average molecular weight is 406 g/mol. The van der Waals surface area contributed by atoms with Gasteiger partial charge < -0.3 is 15.2 Å². The Bertz CT molecular complexity index is 1090. The Morgan fingerprint density at radius 2 is 1.90 bits per heavy atom. The van der Waals surface area contributed by atoms with Crippen LogP contribution in [-0.2, 0) is 20.7 Å². The number of ketones is 2. The number of rotatable bonds is 6. The molecule has 0 amide bonds. The Kier molecular flexibility index (Phi) is 4.78. The average Bonchev–Trinajstić information content (AvgIpc) is 3.46. The molecule has 2 aromatic rings. The first-order valence-corrected chi connectivity index (χ1v) is 9.69. The zero-order chi connectivity index (χ0) is 21.5. The van der Waals surface area contributed by atoms with Crippen LogP contribution < -0.4 is 5.73 Å². The minimum Gasteiger partial charge on any atom is -0.466 e. The first kappa shape index (κ1) is 20.0. The maximum atomic E-state index is 13.2. The standard InChI is InChI=1S/C23H22N2O5/c1-14(7-8-15-10-12-25-18(24)13-15)9-11-22-19(26)16-5-3-4-6-17(16)20(27)23(22,30-22)21(28)29-2/h3-6,9-10,12-13H,7-8,11H2,1-2H3,(H2,24,25)/b14-9+/t22-,23-/m0/s1. The normalized spacial score (nSPS) is 24.8. The van der Waals surface area contributed by atoms with Crippen molar-refractivity contribution in [2.75, 3.05) is 12.8 Å². The van der Waals surface area contributed by atoms with Gasteiger partial charge in [-0.2, -0.15) is 0 Å². The van der Waals surface area contributed by atoms with Crippen molar-refractivity contribution >= 4 is 23.4 Å². The van der Waals surface area contributed by atoms with Crippen molar-refractivity contribution in [3.8, 4) is 0 Å². The first-order valence-electron chi connectivity index (χ1n) is 9.69. The number of nitrogen functional groups attached to an aromatic ring is 1. The number of aromatic nitrogens is 1. The summed E-state index contributed by atoms with van der Waals surface area (Å²) >= 11 is 0. The largest absolute Gasteiger partial charge is 0.466 e. The minimum atomic E-state index is -1.90. The molecule has 0 unspecified atom stereocenters. The van der Waals surface area contributed by atoms with Gasteiger partial charge in [0.05, 0.1) is 7.11 Å². The molecule has 1 aliphatic heterocycles. The number of fused-ring (bicyclic) bond motifs is 2. The molecule has 2 heterocycles. The number of epoxide rings is 1. The summed E-state index contributed by atoms with van der Waals surface area (Å²) in [5.41, 5.74) is 4.79. The first-order chi connectivity index (χ1) is 14.4. The second-order valence-electron chi connectivity index (χ2n) is 7.65. The van der Waals surface area contributed by atoms with Gasteiger partial charge in [-0.1, -0.05) is 35.9 Å². The van der Waals surface area contributed by atoms with E-state index in [0.717, 1.165) is 24.0 Å². The smallest absolute Gasteiger partial charge is 0.350 e. The van der Waals surface area contributed by atoms with E-state index in [-0.39, 0.29) is 23.3 Å². The van der Waals surface area contributed by atoms with E-state index < -0.39 is 23.0 Å². The number of carbonyl (C=O) groups excluding carboxylic acids is 3. The number of ether oxygens (including phenoxy) is 2. The number of benzene rings is 1. The number of hydrogen-bond acceptors (Lipinski definition) is 7. The number of nitrogens with two attached hydrogens (primary N) is 1. The highest BCUT2D eigenvalue weighted by molar-refractivity contribution is 6.32. The maximum absolute atomic E-state index is 13.2. The van der Waals surface area contributed by atoms with E-state index in [0.29, 0.717) is 5.82 Å². The molecule has 4 rings (SSSR count). The highest BCUT2D eigenvalue weighted by Gasteiger charge is 2.85. The summed E-state index contributed by atoms with van der Waals surface area (Å²) in [6, 6.07) is 10.2. The molecule has 1 aromatic carbocycles. The third-order valence-electron chi connectivity index (χ3n) is 5.82. The highest BCUT2D eigenvalue weighted by atomic mass is 16.7. The Morgan fingerprint density at radius 3 is 2.57 bits per heavy atom. The monoisotopic (exact) mass is 406 g/mol. The summed E-state index contributed by atoms with van der Waals surface area (Å²) in [7, 11) is 1.18. The van der Waals surface area contributed by atoms with Crippen LogP contribution in [0.5, 0.6) is 0 Å². The fourth-order valence-electron chi connectivity index (χ4n) is 4.09. The zero-order valence-corrected chi connectivity index (χ0v) is 16.8. The van der Waals surface area contributed by atoms with Crippen molar-refractivity contribution in [2.24, 2.45) is 0 Å². The molecule has 7 nitrogen and oxygen atoms in total. The number of methoxy groups -OCH3 is 1. The molecule has 1 saturated heterocycles. The number of pyridine rings is 1. The molecule has 7 heteroatoms. The molecule has 30 heavy (non-hydrogen) atoms. The van der Waals surface area contributed by atoms with Crippen LogP contribution >= 0.6 is 0 Å². The highest BCUT2D eigenvalue weighted by Crippen LogP contribution is 2.58. The molecule has 0 spiro atoms. The number of nitrogens with zero attached hydrogens (tertiary/aromatic N) is 1. The van der Waals surface area contributed by atoms with Crippen molar-refractivity contribution in [1.82, 2.24) is 4.98 Å². The Labute approximate surface area is 173 Å². The molecule has 2 atom stereocenters. The van der Waals surface area contributed by atoms with Gasteiger partial charge in [0.15, 0.2) is 11.4 Å². The van der Waals surface area contributed by atoms with Gasteiger partial charge in [-0.15, -0.1) is 0 Å². The van der Waals surface area contributed by atoms with Crippen LogP contribution in [0.15, 0.2) is 54.2 Å². The summed E-state index contributed by atoms with van der Waals surface area (Å²) in [5, 5.41) is 0. The third-order valence-corrected chi connectivity index (χ3v) is 5.82. The molecular formula is C23H22N2O5. The molecule has 1 fully saturated rings. The van der Waals surface area contributed by atoms with E-state index in [1.54, 1.807) is 24.4 Å². The molecule has 154 valence electrons. The number of allylic oxidation sites excluding steroid dienone is 1. The van der Waals surface area contributed by atoms with Gasteiger partial charge >= 0.3 is 5.97 Å². The number of aryl methyl sites for hydroxylation is 1. The van der Waals surface area contributed by atoms with E-state index in [4.69, 9.17) is 15.2 Å². The molecule has 2 aliphatic rings. The minimum absolute atomic E-state index is 0.116. The predicted molar refractivity (Wildman–Crippen MR) is 109 cm³/mol. The molecule has 0 saturated carbocycles. The fraction of sp³-hybridized carbons (Fsp3) is 0.304. The fourth-order valence-corrected chi connectivity index (χ4v) is 4.09. The SMILES string of the molecule is COC(=O)[C@]12O[C@@]1(C/C=C(\C)CCc1ccnc(N)c1)C(=O)c1ccccc1C2=O. The summed E-state index contributed by atoms with van der Waals surface area (Å²) in [6.07, 6.45) is 5.11. The van der Waals surface area contributed by atoms with Gasteiger partial charge in [0.25, 0.3) is 5.60 Å². The summed E-state index contributed by atoms with van der Waals surface area (Å²) < 4.78 is 10.5. The van der Waals surface area contributed by atoms with E-state index >= 15 is 0 Å². The third kappa shape index (κ3) is 2.85. The van der Waals surface area contributed by atoms with Gasteiger partial charge in [0, 0.05) is 23.7 Å². The number of hydrogen-bond donors (Lipinski definition) is 1. The lowest BCUT2D eigenvalue weighted by atomic mass is 9.72. The van der Waals surface area contributed by atoms with Gasteiger partial charge in [-0.05, 0) is 37.5 Å². The Hall–Kier alpha value is -3.32. The number of anilines is 1. The second-order valence-corrected chi connectivity index (χ2v) is 7.65. The van der Waals surface area contributed by atoms with E-state index in [2.05, 4.69) is 4.98 Å². The van der Waals surface area contributed by atoms with Crippen molar-refractivity contribution in [3.05, 3.63) is 70.9 Å². The Morgan fingerprint density at radius 1 is 1.20 bits per heavy atom. The van der Waals surface area contributed by atoms with Crippen molar-refractivity contribution in [1.29, 1.82) is 0 Å². The number of carbonyl (C=O) groups is 3. The second kappa shape index (κ2) is 7.18. The quantitative estimate of drug-likeness (QED) is 0.340. The van der Waals surface area contributed by atoms with Crippen LogP contribution in [0.3, 0.4) is 0 Å². The predicted octanol–water partition coefficient (Wildman–Crippen LogP) is 2.69. The number of Topliss-reactive ketones (excluding diaryl/α,β-unsaturated/α-hetero) is 2. The maximum Gasteiger partial charge on any atom is 0.350 e. The van der Waals surface area contributed by atoms with Crippen LogP contribution in [0.2, 0.25) is 0 Å². The van der Waals surface area contributed by atoms with Gasteiger partial charge in [-0.25, -0.2) is 9.78 Å². The molecule has 1 aliphatic carbocycles.